The molecule has 17 nitrogen and oxygen atoms in total. The average Bonchev–Trinajstić information content (AvgIpc) is 1.04. The molecule has 0 amide bonds. The van der Waals surface area contributed by atoms with Gasteiger partial charge in [0.25, 0.3) is 0 Å². The molecule has 0 bridgehead atoms. The van der Waals surface area contributed by atoms with E-state index in [0.717, 1.165) is 102 Å². The highest BCUT2D eigenvalue weighted by Crippen LogP contribution is 2.45. The minimum atomic E-state index is -4.96. The molecular weight excluding hydrogens is 1280 g/mol. The molecular formula is C79H154O17P2. The highest BCUT2D eigenvalue weighted by molar-refractivity contribution is 7.47. The normalized spacial score (nSPS) is 13.9. The zero-order chi connectivity index (χ0) is 72.1. The number of carbonyl (C=O) groups excluding carboxylic acids is 4. The number of aliphatic hydroxyl groups is 1. The van der Waals surface area contributed by atoms with Gasteiger partial charge in [0.2, 0.25) is 0 Å². The molecule has 0 aliphatic rings. The van der Waals surface area contributed by atoms with Crippen LogP contribution in [-0.2, 0) is 65.4 Å². The summed E-state index contributed by atoms with van der Waals surface area (Å²) in [6.07, 6.45) is 59.7. The van der Waals surface area contributed by atoms with Crippen molar-refractivity contribution < 1.29 is 80.2 Å². The lowest BCUT2D eigenvalue weighted by Gasteiger charge is -2.21. The molecule has 0 aromatic rings. The van der Waals surface area contributed by atoms with Crippen molar-refractivity contribution in [1.82, 2.24) is 0 Å². The Morgan fingerprint density at radius 1 is 0.276 bits per heavy atom. The van der Waals surface area contributed by atoms with Crippen molar-refractivity contribution in [3.8, 4) is 0 Å². The third-order valence-corrected chi connectivity index (χ3v) is 20.4. The number of phosphoric ester groups is 2. The number of esters is 4. The fraction of sp³-hybridized carbons (Fsp3) is 0.949. The first-order valence-electron chi connectivity index (χ1n) is 41.0. The summed E-state index contributed by atoms with van der Waals surface area (Å²) in [5, 5.41) is 10.6. The quantitative estimate of drug-likeness (QED) is 0.0222. The Labute approximate surface area is 600 Å². The van der Waals surface area contributed by atoms with Crippen molar-refractivity contribution in [1.29, 1.82) is 0 Å². The van der Waals surface area contributed by atoms with Gasteiger partial charge in [-0.25, -0.2) is 9.13 Å². The van der Waals surface area contributed by atoms with Gasteiger partial charge in [0, 0.05) is 25.7 Å². The Balaban J connectivity index is 5.22. The second kappa shape index (κ2) is 70.7. The molecule has 0 aliphatic carbocycles. The van der Waals surface area contributed by atoms with Crippen molar-refractivity contribution in [2.45, 2.75) is 432 Å². The third kappa shape index (κ3) is 72.4. The van der Waals surface area contributed by atoms with E-state index in [0.29, 0.717) is 25.7 Å². The summed E-state index contributed by atoms with van der Waals surface area (Å²) in [6, 6.07) is 0. The van der Waals surface area contributed by atoms with Crippen LogP contribution >= 0.6 is 15.6 Å². The first kappa shape index (κ1) is 96.1. The Bertz CT molecular complexity index is 1890. The van der Waals surface area contributed by atoms with Gasteiger partial charge in [0.05, 0.1) is 26.4 Å². The van der Waals surface area contributed by atoms with Gasteiger partial charge in [0.15, 0.2) is 12.2 Å². The number of hydrogen-bond acceptors (Lipinski definition) is 15. The van der Waals surface area contributed by atoms with Crippen LogP contribution in [0, 0.1) is 11.8 Å². The van der Waals surface area contributed by atoms with E-state index in [2.05, 4.69) is 41.5 Å². The largest absolute Gasteiger partial charge is 0.472 e. The van der Waals surface area contributed by atoms with Crippen LogP contribution in [-0.4, -0.2) is 96.7 Å². The number of phosphoric acid groups is 2. The number of ether oxygens (including phenoxy) is 4. The summed E-state index contributed by atoms with van der Waals surface area (Å²) in [4.78, 5) is 72.9. The molecule has 0 heterocycles. The van der Waals surface area contributed by atoms with Crippen molar-refractivity contribution in [2.75, 3.05) is 39.6 Å². The SMILES string of the molecule is CCCCCCCCCCCCCCCCCCCCCCC(=O)O[C@H](COC(=O)CCCCCCCCCCCCCCCC(C)C)COP(=O)(O)OC[C@@H](O)COP(=O)(O)OC[C@@H](COC(=O)CCCCCCCCCCCCC)OC(=O)CCCCCCCCCCC(C)C. The van der Waals surface area contributed by atoms with E-state index in [9.17, 15) is 43.2 Å². The van der Waals surface area contributed by atoms with E-state index < -0.39 is 97.5 Å². The Hall–Kier alpha value is -1.94. The lowest BCUT2D eigenvalue weighted by molar-refractivity contribution is -0.161. The Morgan fingerprint density at radius 3 is 0.694 bits per heavy atom. The second-order valence-electron chi connectivity index (χ2n) is 29.4. The van der Waals surface area contributed by atoms with Crippen LogP contribution in [0.3, 0.4) is 0 Å². The zero-order valence-corrected chi connectivity index (χ0v) is 65.9. The monoisotopic (exact) mass is 1440 g/mol. The summed E-state index contributed by atoms with van der Waals surface area (Å²) >= 11 is 0. The third-order valence-electron chi connectivity index (χ3n) is 18.5. The number of carbonyl (C=O) groups is 4. The van der Waals surface area contributed by atoms with Gasteiger partial charge in [-0.15, -0.1) is 0 Å². The molecule has 5 atom stereocenters. The maximum absolute atomic E-state index is 13.1. The smallest absolute Gasteiger partial charge is 0.462 e. The highest BCUT2D eigenvalue weighted by Gasteiger charge is 2.30. The Morgan fingerprint density at radius 2 is 0.469 bits per heavy atom. The van der Waals surface area contributed by atoms with Crippen LogP contribution < -0.4 is 0 Å². The number of aliphatic hydroxyl groups excluding tert-OH is 1. The molecule has 3 N–H and O–H groups in total. The standard InChI is InChI=1S/C79H154O17P2/c1-7-9-11-13-15-17-19-20-21-22-23-24-25-26-29-34-38-45-51-57-63-78(83)95-74(67-90-77(82)62-56-50-44-37-33-30-27-28-32-35-41-47-53-59-71(3)4)69-93-97(85,86)91-65-73(80)66-92-98(87,88)94-70-75(96-79(84)64-58-52-46-40-39-42-48-54-60-72(5)6)68-89-76(81)61-55-49-43-36-31-18-16-14-12-10-8-2/h71-75,80H,7-70H2,1-6H3,(H,85,86)(H,87,88)/t73-,74-,75-/m1/s1. The van der Waals surface area contributed by atoms with Crippen LogP contribution in [0.5, 0.6) is 0 Å². The summed E-state index contributed by atoms with van der Waals surface area (Å²) in [5.41, 5.74) is 0. The molecule has 2 unspecified atom stereocenters. The molecule has 0 saturated carbocycles. The predicted octanol–water partition coefficient (Wildman–Crippen LogP) is 23.5. The number of unbranched alkanes of at least 4 members (excludes halogenated alkanes) is 48. The molecule has 98 heavy (non-hydrogen) atoms. The zero-order valence-electron chi connectivity index (χ0n) is 64.1. The van der Waals surface area contributed by atoms with Gasteiger partial charge in [-0.2, -0.15) is 0 Å². The van der Waals surface area contributed by atoms with E-state index >= 15 is 0 Å². The number of hydrogen-bond donors (Lipinski definition) is 3. The van der Waals surface area contributed by atoms with Crippen LogP contribution in [0.1, 0.15) is 414 Å². The molecule has 0 fully saturated rings. The van der Waals surface area contributed by atoms with E-state index in [4.69, 9.17) is 37.0 Å². The lowest BCUT2D eigenvalue weighted by Crippen LogP contribution is -2.30. The molecule has 0 spiro atoms. The molecule has 0 saturated heterocycles. The molecule has 0 aromatic carbocycles. The van der Waals surface area contributed by atoms with E-state index in [-0.39, 0.29) is 25.7 Å². The minimum absolute atomic E-state index is 0.105. The summed E-state index contributed by atoms with van der Waals surface area (Å²) in [7, 11) is -9.91. The predicted molar refractivity (Wildman–Crippen MR) is 400 cm³/mol. The van der Waals surface area contributed by atoms with E-state index in [1.54, 1.807) is 0 Å². The topological polar surface area (TPSA) is 237 Å². The van der Waals surface area contributed by atoms with Gasteiger partial charge in [-0.1, -0.05) is 363 Å². The molecule has 0 radical (unpaired) electrons. The summed E-state index contributed by atoms with van der Waals surface area (Å²) < 4.78 is 68.6. The van der Waals surface area contributed by atoms with Gasteiger partial charge in [0.1, 0.15) is 19.3 Å². The first-order valence-corrected chi connectivity index (χ1v) is 44.0. The summed E-state index contributed by atoms with van der Waals surface area (Å²) in [5.74, 6) is -0.603. The maximum Gasteiger partial charge on any atom is 0.472 e. The van der Waals surface area contributed by atoms with Crippen molar-refractivity contribution in [3.63, 3.8) is 0 Å². The molecule has 0 aliphatic heterocycles. The Kier molecular flexibility index (Phi) is 69.3. The van der Waals surface area contributed by atoms with Crippen molar-refractivity contribution >= 4 is 39.5 Å². The van der Waals surface area contributed by atoms with Crippen LogP contribution in [0.4, 0.5) is 0 Å². The van der Waals surface area contributed by atoms with Crippen LogP contribution in [0.25, 0.3) is 0 Å². The molecule has 19 heteroatoms. The second-order valence-corrected chi connectivity index (χ2v) is 32.3. The fourth-order valence-electron chi connectivity index (χ4n) is 12.2. The van der Waals surface area contributed by atoms with Crippen molar-refractivity contribution in [2.24, 2.45) is 11.8 Å². The van der Waals surface area contributed by atoms with Crippen LogP contribution in [0.2, 0.25) is 0 Å². The number of rotatable bonds is 78. The minimum Gasteiger partial charge on any atom is -0.462 e. The fourth-order valence-corrected chi connectivity index (χ4v) is 13.8. The van der Waals surface area contributed by atoms with Crippen molar-refractivity contribution in [3.05, 3.63) is 0 Å². The van der Waals surface area contributed by atoms with E-state index in [1.165, 1.54) is 231 Å². The highest BCUT2D eigenvalue weighted by atomic mass is 31.2. The molecule has 582 valence electrons. The lowest BCUT2D eigenvalue weighted by atomic mass is 10.0. The average molecular weight is 1440 g/mol. The maximum atomic E-state index is 13.1. The molecule has 0 rings (SSSR count). The van der Waals surface area contributed by atoms with Gasteiger partial charge < -0.3 is 33.8 Å². The van der Waals surface area contributed by atoms with Gasteiger partial charge in [-0.05, 0) is 37.5 Å². The van der Waals surface area contributed by atoms with E-state index in [1.807, 2.05) is 0 Å². The van der Waals surface area contributed by atoms with Crippen LogP contribution in [0.15, 0.2) is 0 Å². The van der Waals surface area contributed by atoms with Gasteiger partial charge >= 0.3 is 39.5 Å². The first-order chi connectivity index (χ1) is 47.4. The van der Waals surface area contributed by atoms with Gasteiger partial charge in [-0.3, -0.25) is 37.3 Å². The molecule has 0 aromatic heterocycles. The summed E-state index contributed by atoms with van der Waals surface area (Å²) in [6.45, 7) is 9.59.